The lowest BCUT2D eigenvalue weighted by molar-refractivity contribution is 0.169. The summed E-state index contributed by atoms with van der Waals surface area (Å²) in [4.78, 5) is 9.56. The molecule has 0 amide bonds. The molecule has 2 aromatic rings. The molecule has 1 aromatic heterocycles. The Morgan fingerprint density at radius 3 is 2.68 bits per heavy atom. The molecule has 1 fully saturated rings. The van der Waals surface area contributed by atoms with Crippen molar-refractivity contribution in [2.24, 2.45) is 4.99 Å². The number of nitrogens with one attached hydrogen (secondary N) is 1. The molecule has 0 unspecified atom stereocenters. The van der Waals surface area contributed by atoms with E-state index in [-0.39, 0.29) is 0 Å². The third-order valence-corrected chi connectivity index (χ3v) is 4.71. The van der Waals surface area contributed by atoms with Crippen LogP contribution in [0.1, 0.15) is 25.5 Å². The molecule has 3 rings (SSSR count). The Morgan fingerprint density at radius 1 is 1.14 bits per heavy atom. The Balaban J connectivity index is 1.36. The summed E-state index contributed by atoms with van der Waals surface area (Å²) in [5, 5.41) is 7.43. The molecule has 7 heteroatoms. The summed E-state index contributed by atoms with van der Waals surface area (Å²) in [6.45, 7) is 9.35. The van der Waals surface area contributed by atoms with E-state index in [0.29, 0.717) is 0 Å². The lowest BCUT2D eigenvalue weighted by Gasteiger charge is -2.36. The van der Waals surface area contributed by atoms with Crippen LogP contribution < -0.4 is 10.1 Å². The maximum absolute atomic E-state index is 5.74. The van der Waals surface area contributed by atoms with Crippen LogP contribution in [0.2, 0.25) is 0 Å². The molecule has 1 aliphatic rings. The molecule has 0 spiro atoms. The summed E-state index contributed by atoms with van der Waals surface area (Å²) in [5.74, 6) is 1.95. The first kappa shape index (κ1) is 20.2. The topological polar surface area (TPSA) is 66.1 Å². The minimum atomic E-state index is 0.733. The number of rotatable bonds is 9. The number of aromatic nitrogens is 1. The van der Waals surface area contributed by atoms with Gasteiger partial charge in [-0.15, -0.1) is 0 Å². The number of ether oxygens (including phenoxy) is 1. The molecule has 152 valence electrons. The molecule has 7 nitrogen and oxygen atoms in total. The van der Waals surface area contributed by atoms with Crippen LogP contribution in [0.4, 0.5) is 0 Å². The van der Waals surface area contributed by atoms with Gasteiger partial charge in [-0.05, 0) is 31.9 Å². The highest BCUT2D eigenvalue weighted by atomic mass is 16.5. The average molecular weight is 386 g/mol. The second-order valence-corrected chi connectivity index (χ2v) is 6.86. The van der Waals surface area contributed by atoms with Gasteiger partial charge in [-0.3, -0.25) is 9.89 Å². The number of hydrogen-bond acceptors (Lipinski definition) is 5. The summed E-state index contributed by atoms with van der Waals surface area (Å²) < 4.78 is 10.7. The highest BCUT2D eigenvalue weighted by molar-refractivity contribution is 5.80. The van der Waals surface area contributed by atoms with E-state index < -0.39 is 0 Å². The van der Waals surface area contributed by atoms with Gasteiger partial charge in [0.25, 0.3) is 0 Å². The van der Waals surface area contributed by atoms with Crippen LogP contribution in [-0.2, 0) is 6.54 Å². The van der Waals surface area contributed by atoms with Crippen LogP contribution in [0.3, 0.4) is 0 Å². The quantitative estimate of drug-likeness (QED) is 0.407. The van der Waals surface area contributed by atoms with Gasteiger partial charge in [0.05, 0.1) is 12.3 Å². The second kappa shape index (κ2) is 11.3. The van der Waals surface area contributed by atoms with Gasteiger partial charge in [0, 0.05) is 51.9 Å². The Kier molecular flexibility index (Phi) is 8.18. The van der Waals surface area contributed by atoms with Gasteiger partial charge in [0.2, 0.25) is 0 Å². The van der Waals surface area contributed by atoms with Gasteiger partial charge in [-0.2, -0.15) is 0 Å². The largest absolute Gasteiger partial charge is 0.494 e. The van der Waals surface area contributed by atoms with E-state index in [1.807, 2.05) is 36.4 Å². The molecule has 1 N–H and O–H groups in total. The Hall–Kier alpha value is -2.54. The molecular weight excluding hydrogens is 354 g/mol. The van der Waals surface area contributed by atoms with Crippen LogP contribution in [0.5, 0.6) is 5.75 Å². The summed E-state index contributed by atoms with van der Waals surface area (Å²) in [7, 11) is 0. The number of hydrogen-bond donors (Lipinski definition) is 1. The molecule has 28 heavy (non-hydrogen) atoms. The maximum atomic E-state index is 5.74. The molecule has 1 aromatic carbocycles. The number of nitrogens with zero attached hydrogens (tertiary/aromatic N) is 4. The standard InChI is InChI=1S/C21H31N5O2/c1-2-22-21(23-11-6-7-16-27-20-8-4-3-5-9-20)26-14-12-25(13-15-26)18-19-10-17-28-24-19/h3-5,8-10,17H,2,6-7,11-16,18H2,1H3,(H,22,23). The van der Waals surface area contributed by atoms with Crippen molar-refractivity contribution in [3.63, 3.8) is 0 Å². The fourth-order valence-electron chi connectivity index (χ4n) is 3.20. The summed E-state index contributed by atoms with van der Waals surface area (Å²) in [5.41, 5.74) is 0.992. The van der Waals surface area contributed by atoms with Crippen molar-refractivity contribution in [2.45, 2.75) is 26.3 Å². The zero-order valence-corrected chi connectivity index (χ0v) is 16.7. The van der Waals surface area contributed by atoms with Crippen molar-refractivity contribution in [3.05, 3.63) is 48.4 Å². The van der Waals surface area contributed by atoms with Crippen LogP contribution in [0.25, 0.3) is 0 Å². The monoisotopic (exact) mass is 385 g/mol. The van der Waals surface area contributed by atoms with Crippen molar-refractivity contribution in [2.75, 3.05) is 45.9 Å². The molecule has 0 aliphatic carbocycles. The summed E-state index contributed by atoms with van der Waals surface area (Å²) in [6.07, 6.45) is 3.66. The van der Waals surface area contributed by atoms with Crippen LogP contribution in [0, 0.1) is 0 Å². The van der Waals surface area contributed by atoms with Gasteiger partial charge in [-0.25, -0.2) is 0 Å². The average Bonchev–Trinajstić information content (AvgIpc) is 3.24. The first-order chi connectivity index (χ1) is 13.8. The van der Waals surface area contributed by atoms with Crippen molar-refractivity contribution >= 4 is 5.96 Å². The Labute approximate surface area is 167 Å². The van der Waals surface area contributed by atoms with Crippen molar-refractivity contribution in [3.8, 4) is 5.75 Å². The van der Waals surface area contributed by atoms with Crippen LogP contribution >= 0.6 is 0 Å². The zero-order chi connectivity index (χ0) is 19.4. The maximum Gasteiger partial charge on any atom is 0.194 e. The SMILES string of the molecule is CCNC(=NCCCCOc1ccccc1)N1CCN(Cc2ccon2)CC1. The van der Waals surface area contributed by atoms with Gasteiger partial charge in [0.1, 0.15) is 12.0 Å². The third-order valence-electron chi connectivity index (χ3n) is 4.71. The van der Waals surface area contributed by atoms with Crippen LogP contribution in [0.15, 0.2) is 52.2 Å². The molecule has 0 bridgehead atoms. The fraction of sp³-hybridized carbons (Fsp3) is 0.524. The number of benzene rings is 1. The first-order valence-electron chi connectivity index (χ1n) is 10.2. The van der Waals surface area contributed by atoms with Gasteiger partial charge >= 0.3 is 0 Å². The minimum Gasteiger partial charge on any atom is -0.494 e. The van der Waals surface area contributed by atoms with Gasteiger partial charge in [0.15, 0.2) is 5.96 Å². The van der Waals surface area contributed by atoms with E-state index in [2.05, 4.69) is 27.2 Å². The molecule has 0 radical (unpaired) electrons. The van der Waals surface area contributed by atoms with Crippen LogP contribution in [-0.4, -0.2) is 66.8 Å². The first-order valence-corrected chi connectivity index (χ1v) is 10.2. The normalized spacial score (nSPS) is 15.6. The number of para-hydroxylation sites is 1. The van der Waals surface area contributed by atoms with Gasteiger partial charge in [-0.1, -0.05) is 23.4 Å². The van der Waals surface area contributed by atoms with Crippen molar-refractivity contribution < 1.29 is 9.26 Å². The van der Waals surface area contributed by atoms with E-state index in [1.165, 1.54) is 0 Å². The van der Waals surface area contributed by atoms with E-state index in [9.17, 15) is 0 Å². The van der Waals surface area contributed by atoms with Crippen molar-refractivity contribution in [1.29, 1.82) is 0 Å². The molecular formula is C21H31N5O2. The lowest BCUT2D eigenvalue weighted by Crippen LogP contribution is -2.52. The number of guanidine groups is 1. The van der Waals surface area contributed by atoms with Gasteiger partial charge < -0.3 is 19.5 Å². The number of aliphatic imine (C=N–C) groups is 1. The second-order valence-electron chi connectivity index (χ2n) is 6.86. The minimum absolute atomic E-state index is 0.733. The fourth-order valence-corrected chi connectivity index (χ4v) is 3.20. The highest BCUT2D eigenvalue weighted by Crippen LogP contribution is 2.09. The van der Waals surface area contributed by atoms with E-state index in [0.717, 1.165) is 82.7 Å². The van der Waals surface area contributed by atoms with E-state index in [4.69, 9.17) is 14.3 Å². The third kappa shape index (κ3) is 6.56. The number of unbranched alkanes of at least 4 members (excludes halogenated alkanes) is 1. The molecule has 1 saturated heterocycles. The van der Waals surface area contributed by atoms with E-state index >= 15 is 0 Å². The Morgan fingerprint density at radius 2 is 1.96 bits per heavy atom. The molecule has 0 saturated carbocycles. The molecule has 1 aliphatic heterocycles. The molecule has 2 heterocycles. The number of piperazine rings is 1. The highest BCUT2D eigenvalue weighted by Gasteiger charge is 2.20. The van der Waals surface area contributed by atoms with Crippen molar-refractivity contribution in [1.82, 2.24) is 20.3 Å². The predicted octanol–water partition coefficient (Wildman–Crippen LogP) is 2.62. The molecule has 0 atom stereocenters. The van der Waals surface area contributed by atoms with E-state index in [1.54, 1.807) is 6.26 Å². The smallest absolute Gasteiger partial charge is 0.194 e. The summed E-state index contributed by atoms with van der Waals surface area (Å²) in [6, 6.07) is 11.9. The predicted molar refractivity (Wildman–Crippen MR) is 111 cm³/mol. The lowest BCUT2D eigenvalue weighted by atomic mass is 10.3. The Bertz CT molecular complexity index is 682. The summed E-state index contributed by atoms with van der Waals surface area (Å²) >= 11 is 0. The zero-order valence-electron chi connectivity index (χ0n) is 16.7.